The van der Waals surface area contributed by atoms with Gasteiger partial charge in [-0.1, -0.05) is 39.0 Å². The van der Waals surface area contributed by atoms with Crippen molar-refractivity contribution < 1.29 is 9.53 Å². The van der Waals surface area contributed by atoms with Gasteiger partial charge in [0.1, 0.15) is 5.75 Å². The zero-order valence-corrected chi connectivity index (χ0v) is 17.4. The number of para-hydroxylation sites is 1. The summed E-state index contributed by atoms with van der Waals surface area (Å²) in [6, 6.07) is 12.4. The number of benzene rings is 1. The van der Waals surface area contributed by atoms with Crippen LogP contribution in [0.3, 0.4) is 0 Å². The monoisotopic (exact) mass is 380 g/mol. The molecule has 0 aliphatic carbocycles. The second-order valence-corrected chi connectivity index (χ2v) is 8.69. The molecular formula is C24H32N2O2. The number of carbonyl (C=O) groups is 1. The Morgan fingerprint density at radius 1 is 1.14 bits per heavy atom. The quantitative estimate of drug-likeness (QED) is 0.695. The molecule has 0 radical (unpaired) electrons. The maximum atomic E-state index is 12.6. The Balaban J connectivity index is 1.68. The van der Waals surface area contributed by atoms with Gasteiger partial charge in [-0.25, -0.2) is 0 Å². The van der Waals surface area contributed by atoms with Crippen LogP contribution in [0.1, 0.15) is 68.2 Å². The summed E-state index contributed by atoms with van der Waals surface area (Å²) in [5.41, 5.74) is 2.81. The highest BCUT2D eigenvalue weighted by atomic mass is 16.5. The molecule has 150 valence electrons. The Hall–Kier alpha value is -2.07. The molecule has 0 amide bonds. The van der Waals surface area contributed by atoms with Gasteiger partial charge in [-0.3, -0.25) is 4.79 Å². The first-order valence-electron chi connectivity index (χ1n) is 10.7. The summed E-state index contributed by atoms with van der Waals surface area (Å²) in [5.74, 6) is 1.91. The molecule has 0 unspecified atom stereocenters. The van der Waals surface area contributed by atoms with Gasteiger partial charge in [-0.15, -0.1) is 0 Å². The van der Waals surface area contributed by atoms with Crippen LogP contribution in [0.5, 0.6) is 5.75 Å². The predicted octanol–water partition coefficient (Wildman–Crippen LogP) is 4.86. The Morgan fingerprint density at radius 3 is 2.61 bits per heavy atom. The molecule has 1 aromatic heterocycles. The van der Waals surface area contributed by atoms with Crippen molar-refractivity contribution in [3.05, 3.63) is 53.3 Å². The topological polar surface area (TPSA) is 34.5 Å². The third-order valence-corrected chi connectivity index (χ3v) is 6.35. The number of piperidine rings is 1. The smallest absolute Gasteiger partial charge is 0.178 e. The number of fused-ring (bicyclic) bond motifs is 3. The standard InChI is InChI=1S/C24H32N2O2/c1-4-21(27)20-9-10-23-24(12-15-25(16-13-24)14-11-18(2)3)28-22-8-6-5-7-19(22)17-26(20)23/h5-10,18H,4,11-17H2,1-3H3. The number of carbonyl (C=O) groups excluding carboxylic acids is 1. The first-order chi connectivity index (χ1) is 13.5. The van der Waals surface area contributed by atoms with Crippen molar-refractivity contribution in [3.63, 3.8) is 0 Å². The fourth-order valence-corrected chi connectivity index (χ4v) is 4.56. The summed E-state index contributed by atoms with van der Waals surface area (Å²) in [4.78, 5) is 15.1. The number of rotatable bonds is 5. The molecule has 2 aromatic rings. The lowest BCUT2D eigenvalue weighted by molar-refractivity contribution is -0.00691. The minimum Gasteiger partial charge on any atom is -0.481 e. The van der Waals surface area contributed by atoms with Gasteiger partial charge in [-0.2, -0.15) is 0 Å². The van der Waals surface area contributed by atoms with E-state index < -0.39 is 0 Å². The fourth-order valence-electron chi connectivity index (χ4n) is 4.56. The number of Topliss-reactive ketones (excluding diaryl/α,β-unsaturated/α-hetero) is 1. The van der Waals surface area contributed by atoms with E-state index in [4.69, 9.17) is 4.74 Å². The predicted molar refractivity (Wildman–Crippen MR) is 112 cm³/mol. The Morgan fingerprint density at radius 2 is 1.89 bits per heavy atom. The molecule has 0 bridgehead atoms. The van der Waals surface area contributed by atoms with Gasteiger partial charge in [0, 0.05) is 37.9 Å². The minimum absolute atomic E-state index is 0.204. The summed E-state index contributed by atoms with van der Waals surface area (Å²) < 4.78 is 8.98. The number of ketones is 1. The Labute approximate surface area is 168 Å². The van der Waals surface area contributed by atoms with Crippen molar-refractivity contribution in [1.82, 2.24) is 9.47 Å². The molecule has 1 fully saturated rings. The van der Waals surface area contributed by atoms with Crippen molar-refractivity contribution >= 4 is 5.78 Å². The van der Waals surface area contributed by atoms with E-state index in [9.17, 15) is 4.79 Å². The number of likely N-dealkylation sites (tertiary alicyclic amines) is 1. The van der Waals surface area contributed by atoms with E-state index in [1.54, 1.807) is 0 Å². The van der Waals surface area contributed by atoms with Gasteiger partial charge in [0.25, 0.3) is 0 Å². The molecule has 28 heavy (non-hydrogen) atoms. The highest BCUT2D eigenvalue weighted by molar-refractivity contribution is 5.94. The molecule has 1 saturated heterocycles. The molecule has 4 nitrogen and oxygen atoms in total. The lowest BCUT2D eigenvalue weighted by Gasteiger charge is -2.41. The first kappa shape index (κ1) is 19.3. The number of nitrogens with zero attached hydrogens (tertiary/aromatic N) is 2. The summed E-state index contributed by atoms with van der Waals surface area (Å²) in [6.45, 7) is 10.5. The van der Waals surface area contributed by atoms with Crippen LogP contribution in [0.4, 0.5) is 0 Å². The molecule has 2 aliphatic rings. The van der Waals surface area contributed by atoms with Crippen molar-refractivity contribution in [2.24, 2.45) is 5.92 Å². The molecule has 0 N–H and O–H groups in total. The van der Waals surface area contributed by atoms with E-state index >= 15 is 0 Å². The maximum Gasteiger partial charge on any atom is 0.178 e. The molecule has 1 aromatic carbocycles. The van der Waals surface area contributed by atoms with E-state index in [0.29, 0.717) is 13.0 Å². The molecule has 4 heteroatoms. The highest BCUT2D eigenvalue weighted by Crippen LogP contribution is 2.42. The average molecular weight is 381 g/mol. The van der Waals surface area contributed by atoms with E-state index in [-0.39, 0.29) is 11.4 Å². The van der Waals surface area contributed by atoms with E-state index in [1.807, 2.05) is 19.1 Å². The van der Waals surface area contributed by atoms with Crippen LogP contribution in [0.25, 0.3) is 0 Å². The lowest BCUT2D eigenvalue weighted by Crippen LogP contribution is -2.47. The van der Waals surface area contributed by atoms with Gasteiger partial charge in [0.2, 0.25) is 0 Å². The van der Waals surface area contributed by atoms with Crippen LogP contribution < -0.4 is 4.74 Å². The van der Waals surface area contributed by atoms with Crippen molar-refractivity contribution in [3.8, 4) is 5.75 Å². The van der Waals surface area contributed by atoms with Crippen LogP contribution in [-0.4, -0.2) is 34.9 Å². The third-order valence-electron chi connectivity index (χ3n) is 6.35. The van der Waals surface area contributed by atoms with E-state index in [0.717, 1.165) is 55.4 Å². The second kappa shape index (κ2) is 7.75. The fraction of sp³-hybridized carbons (Fsp3) is 0.542. The van der Waals surface area contributed by atoms with Crippen LogP contribution in [0.15, 0.2) is 36.4 Å². The van der Waals surface area contributed by atoms with E-state index in [1.165, 1.54) is 12.1 Å². The normalized spacial score (nSPS) is 18.4. The van der Waals surface area contributed by atoms with Crippen LogP contribution in [0.2, 0.25) is 0 Å². The molecule has 0 saturated carbocycles. The van der Waals surface area contributed by atoms with Crippen LogP contribution in [0, 0.1) is 5.92 Å². The molecule has 3 heterocycles. The van der Waals surface area contributed by atoms with E-state index in [2.05, 4.69) is 47.6 Å². The molecule has 1 spiro atoms. The van der Waals surface area contributed by atoms with Crippen molar-refractivity contribution in [2.45, 2.75) is 58.6 Å². The highest BCUT2D eigenvalue weighted by Gasteiger charge is 2.43. The maximum absolute atomic E-state index is 12.6. The summed E-state index contributed by atoms with van der Waals surface area (Å²) >= 11 is 0. The second-order valence-electron chi connectivity index (χ2n) is 8.69. The molecule has 0 atom stereocenters. The largest absolute Gasteiger partial charge is 0.481 e. The zero-order valence-electron chi connectivity index (χ0n) is 17.4. The van der Waals surface area contributed by atoms with Crippen molar-refractivity contribution in [2.75, 3.05) is 19.6 Å². The number of hydrogen-bond donors (Lipinski definition) is 0. The lowest BCUT2D eigenvalue weighted by atomic mass is 9.87. The zero-order chi connectivity index (χ0) is 19.7. The SMILES string of the molecule is CCC(=O)c1ccc2n1Cc1ccccc1OC21CCN(CCC(C)C)CC1. The Bertz CT molecular complexity index is 844. The Kier molecular flexibility index (Phi) is 5.33. The number of aromatic nitrogens is 1. The number of ether oxygens (including phenoxy) is 1. The molecule has 4 rings (SSSR count). The summed E-state index contributed by atoms with van der Waals surface area (Å²) in [5, 5.41) is 0. The van der Waals surface area contributed by atoms with Gasteiger partial charge in [-0.05, 0) is 37.1 Å². The summed E-state index contributed by atoms with van der Waals surface area (Å²) in [6.07, 6.45) is 3.69. The summed E-state index contributed by atoms with van der Waals surface area (Å²) in [7, 11) is 0. The van der Waals surface area contributed by atoms with Gasteiger partial charge in [0.05, 0.1) is 17.9 Å². The van der Waals surface area contributed by atoms with Crippen molar-refractivity contribution in [1.29, 1.82) is 0 Å². The molecular weight excluding hydrogens is 348 g/mol. The number of hydrogen-bond acceptors (Lipinski definition) is 3. The van der Waals surface area contributed by atoms with Gasteiger partial charge < -0.3 is 14.2 Å². The van der Waals surface area contributed by atoms with Crippen LogP contribution >= 0.6 is 0 Å². The van der Waals surface area contributed by atoms with Crippen LogP contribution in [-0.2, 0) is 12.1 Å². The first-order valence-corrected chi connectivity index (χ1v) is 10.7. The average Bonchev–Trinajstić information content (AvgIpc) is 3.07. The van der Waals surface area contributed by atoms with Gasteiger partial charge in [0.15, 0.2) is 11.4 Å². The minimum atomic E-state index is -0.340. The van der Waals surface area contributed by atoms with Gasteiger partial charge >= 0.3 is 0 Å². The molecule has 2 aliphatic heterocycles. The third kappa shape index (κ3) is 3.50.